The molecule has 0 radical (unpaired) electrons. The van der Waals surface area contributed by atoms with Crippen LogP contribution >= 0.6 is 0 Å². The smallest absolute Gasteiger partial charge is 0.241 e. The van der Waals surface area contributed by atoms with E-state index in [1.807, 2.05) is 6.07 Å². The first-order valence-corrected chi connectivity index (χ1v) is 9.70. The minimum Gasteiger partial charge on any atom is -0.398 e. The van der Waals surface area contributed by atoms with Crippen LogP contribution in [0.4, 0.5) is 5.69 Å². The van der Waals surface area contributed by atoms with E-state index in [1.165, 1.54) is 6.07 Å². The van der Waals surface area contributed by atoms with Crippen LogP contribution in [0.2, 0.25) is 0 Å². The van der Waals surface area contributed by atoms with Crippen LogP contribution in [-0.4, -0.2) is 31.2 Å². The van der Waals surface area contributed by atoms with E-state index in [-0.39, 0.29) is 11.4 Å². The van der Waals surface area contributed by atoms with Crippen LogP contribution in [0, 0.1) is 0 Å². The molecule has 1 unspecified atom stereocenters. The van der Waals surface area contributed by atoms with E-state index >= 15 is 0 Å². The van der Waals surface area contributed by atoms with Crippen molar-refractivity contribution in [2.24, 2.45) is 0 Å². The Balaban J connectivity index is 2.28. The number of fused-ring (bicyclic) bond motifs is 1. The Kier molecular flexibility index (Phi) is 4.97. The number of hydrogen-bond acceptors (Lipinski definition) is 4. The number of sulfonamides is 1. The van der Waals surface area contributed by atoms with Crippen molar-refractivity contribution in [2.75, 3.05) is 24.3 Å². The van der Waals surface area contributed by atoms with E-state index in [1.54, 1.807) is 30.5 Å². The van der Waals surface area contributed by atoms with E-state index in [0.717, 1.165) is 5.39 Å². The lowest BCUT2D eigenvalue weighted by Crippen LogP contribution is -2.26. The fraction of sp³-hybridized carbons (Fsp3) is 0.286. The van der Waals surface area contributed by atoms with Gasteiger partial charge in [0.15, 0.2) is 0 Å². The normalized spacial score (nSPS) is 13.4. The third-order valence-electron chi connectivity index (χ3n) is 3.11. The number of rotatable bonds is 6. The molecule has 0 bridgehead atoms. The molecule has 7 heteroatoms. The predicted octanol–water partition coefficient (Wildman–Crippen LogP) is 1.47. The molecule has 114 valence electrons. The second-order valence-corrected chi connectivity index (χ2v) is 8.02. The van der Waals surface area contributed by atoms with Crippen LogP contribution in [0.25, 0.3) is 10.8 Å². The number of nitrogens with two attached hydrogens (primary N) is 1. The van der Waals surface area contributed by atoms with Gasteiger partial charge in [-0.1, -0.05) is 24.3 Å². The van der Waals surface area contributed by atoms with Crippen LogP contribution in [0.5, 0.6) is 0 Å². The largest absolute Gasteiger partial charge is 0.398 e. The maximum atomic E-state index is 12.4. The van der Waals surface area contributed by atoms with Crippen molar-refractivity contribution in [3.63, 3.8) is 0 Å². The molecule has 0 aliphatic rings. The molecule has 0 aromatic heterocycles. The molecule has 0 aliphatic carbocycles. The highest BCUT2D eigenvalue weighted by Gasteiger charge is 2.17. The third-order valence-corrected chi connectivity index (χ3v) is 5.49. The standard InChI is InChI=1S/C14H18N2O3S2/c1-20(17)10-4-9-16-21(18,19)14-8-7-13(15)11-5-2-3-6-12(11)14/h2-3,5-8,16H,4,9-10,15H2,1H3. The van der Waals surface area contributed by atoms with Crippen molar-refractivity contribution in [3.05, 3.63) is 36.4 Å². The number of nitrogens with one attached hydrogen (secondary N) is 1. The zero-order chi connectivity index (χ0) is 15.5. The zero-order valence-corrected chi connectivity index (χ0v) is 13.3. The number of nitrogen functional groups attached to an aromatic ring is 1. The van der Waals surface area contributed by atoms with Gasteiger partial charge in [0, 0.05) is 45.8 Å². The minimum atomic E-state index is -3.61. The Labute approximate surface area is 127 Å². The van der Waals surface area contributed by atoms with E-state index in [0.29, 0.717) is 23.2 Å². The number of anilines is 1. The number of benzene rings is 2. The molecule has 0 amide bonds. The Morgan fingerprint density at radius 1 is 1.14 bits per heavy atom. The fourth-order valence-corrected chi connectivity index (χ4v) is 3.92. The summed E-state index contributed by atoms with van der Waals surface area (Å²) in [6.07, 6.45) is 2.14. The molecule has 1 atom stereocenters. The highest BCUT2D eigenvalue weighted by molar-refractivity contribution is 7.89. The van der Waals surface area contributed by atoms with Crippen molar-refractivity contribution >= 4 is 37.3 Å². The average molecular weight is 326 g/mol. The molecule has 0 fully saturated rings. The summed E-state index contributed by atoms with van der Waals surface area (Å²) in [6.45, 7) is 0.265. The van der Waals surface area contributed by atoms with Gasteiger partial charge in [-0.2, -0.15) is 0 Å². The highest BCUT2D eigenvalue weighted by atomic mass is 32.2. The molecule has 0 heterocycles. The van der Waals surface area contributed by atoms with Crippen molar-refractivity contribution in [1.29, 1.82) is 0 Å². The van der Waals surface area contributed by atoms with Crippen LogP contribution in [0.3, 0.4) is 0 Å². The lowest BCUT2D eigenvalue weighted by molar-refractivity contribution is 0.581. The molecule has 0 saturated carbocycles. The maximum absolute atomic E-state index is 12.4. The van der Waals surface area contributed by atoms with Gasteiger partial charge in [-0.25, -0.2) is 13.1 Å². The summed E-state index contributed by atoms with van der Waals surface area (Å²) in [5.41, 5.74) is 6.42. The van der Waals surface area contributed by atoms with E-state index in [9.17, 15) is 12.6 Å². The lowest BCUT2D eigenvalue weighted by Gasteiger charge is -2.10. The summed E-state index contributed by atoms with van der Waals surface area (Å²) in [5, 5.41) is 1.32. The van der Waals surface area contributed by atoms with Crippen molar-refractivity contribution < 1.29 is 12.6 Å². The lowest BCUT2D eigenvalue weighted by atomic mass is 10.1. The van der Waals surface area contributed by atoms with Gasteiger partial charge in [0.25, 0.3) is 0 Å². The van der Waals surface area contributed by atoms with E-state index in [4.69, 9.17) is 5.73 Å². The fourth-order valence-electron chi connectivity index (χ4n) is 2.09. The first kappa shape index (κ1) is 15.9. The van der Waals surface area contributed by atoms with Crippen LogP contribution in [0.1, 0.15) is 6.42 Å². The minimum absolute atomic E-state index is 0.213. The molecule has 0 aliphatic heterocycles. The second kappa shape index (κ2) is 6.55. The van der Waals surface area contributed by atoms with Gasteiger partial charge in [-0.15, -0.1) is 0 Å². The van der Waals surface area contributed by atoms with Gasteiger partial charge in [0.2, 0.25) is 10.0 Å². The summed E-state index contributed by atoms with van der Waals surface area (Å²) in [6, 6.07) is 10.2. The van der Waals surface area contributed by atoms with Crippen LogP contribution in [-0.2, 0) is 20.8 Å². The quantitative estimate of drug-likeness (QED) is 0.621. The van der Waals surface area contributed by atoms with Gasteiger partial charge in [-0.3, -0.25) is 4.21 Å². The molecule has 2 aromatic carbocycles. The Morgan fingerprint density at radius 2 is 1.81 bits per heavy atom. The maximum Gasteiger partial charge on any atom is 0.241 e. The van der Waals surface area contributed by atoms with Gasteiger partial charge in [-0.05, 0) is 18.6 Å². The van der Waals surface area contributed by atoms with Crippen molar-refractivity contribution in [2.45, 2.75) is 11.3 Å². The van der Waals surface area contributed by atoms with E-state index in [2.05, 4.69) is 4.72 Å². The molecular weight excluding hydrogens is 308 g/mol. The Bertz CT molecular complexity index is 773. The van der Waals surface area contributed by atoms with Crippen molar-refractivity contribution in [1.82, 2.24) is 4.72 Å². The monoisotopic (exact) mass is 326 g/mol. The van der Waals surface area contributed by atoms with Crippen LogP contribution in [0.15, 0.2) is 41.3 Å². The molecule has 3 N–H and O–H groups in total. The molecular formula is C14H18N2O3S2. The first-order valence-electron chi connectivity index (χ1n) is 6.49. The molecule has 0 spiro atoms. The third kappa shape index (κ3) is 3.81. The van der Waals surface area contributed by atoms with Gasteiger partial charge >= 0.3 is 0 Å². The SMILES string of the molecule is CS(=O)CCCNS(=O)(=O)c1ccc(N)c2ccccc12. The Morgan fingerprint density at radius 3 is 2.48 bits per heavy atom. The average Bonchev–Trinajstić information content (AvgIpc) is 2.44. The summed E-state index contributed by atoms with van der Waals surface area (Å²) < 4.78 is 38.3. The summed E-state index contributed by atoms with van der Waals surface area (Å²) in [5.74, 6) is 0.477. The van der Waals surface area contributed by atoms with Gasteiger partial charge < -0.3 is 5.73 Å². The summed E-state index contributed by atoms with van der Waals surface area (Å²) in [4.78, 5) is 0.213. The van der Waals surface area contributed by atoms with Gasteiger partial charge in [0.1, 0.15) is 0 Å². The highest BCUT2D eigenvalue weighted by Crippen LogP contribution is 2.27. The molecule has 0 saturated heterocycles. The molecule has 21 heavy (non-hydrogen) atoms. The molecule has 2 aromatic rings. The predicted molar refractivity (Wildman–Crippen MR) is 87.1 cm³/mol. The second-order valence-electron chi connectivity index (χ2n) is 4.73. The Hall–Kier alpha value is -1.44. The van der Waals surface area contributed by atoms with E-state index < -0.39 is 20.8 Å². The summed E-state index contributed by atoms with van der Waals surface area (Å²) >= 11 is 0. The first-order chi connectivity index (χ1) is 9.92. The number of hydrogen-bond donors (Lipinski definition) is 2. The van der Waals surface area contributed by atoms with Crippen LogP contribution < -0.4 is 10.5 Å². The zero-order valence-electron chi connectivity index (χ0n) is 11.7. The summed E-state index contributed by atoms with van der Waals surface area (Å²) in [7, 11) is -4.52. The van der Waals surface area contributed by atoms with Crippen molar-refractivity contribution in [3.8, 4) is 0 Å². The molecule has 2 rings (SSSR count). The topological polar surface area (TPSA) is 89.3 Å². The molecule has 5 nitrogen and oxygen atoms in total. The van der Waals surface area contributed by atoms with Gasteiger partial charge in [0.05, 0.1) is 4.90 Å².